The molecule has 2 heterocycles. The number of carbonyl (C=O) groups excluding carboxylic acids is 1. The van der Waals surface area contributed by atoms with Crippen molar-refractivity contribution in [3.8, 4) is 17.1 Å². The van der Waals surface area contributed by atoms with E-state index >= 15 is 0 Å². The van der Waals surface area contributed by atoms with Gasteiger partial charge in [0.1, 0.15) is 5.75 Å². The van der Waals surface area contributed by atoms with Gasteiger partial charge in [-0.2, -0.15) is 4.98 Å². The summed E-state index contributed by atoms with van der Waals surface area (Å²) in [5.41, 5.74) is 2.23. The molecule has 0 saturated carbocycles. The van der Waals surface area contributed by atoms with Gasteiger partial charge in [0.2, 0.25) is 17.6 Å². The van der Waals surface area contributed by atoms with Crippen LogP contribution in [0, 0.1) is 0 Å². The Labute approximate surface area is 170 Å². The SMILES string of the molecule is COc1ccc(-c2noc(CCC(=O)N3CCC(c4ccccc4)CC3)n2)cc1. The molecule has 1 saturated heterocycles. The fourth-order valence-electron chi connectivity index (χ4n) is 3.77. The molecule has 1 fully saturated rings. The first-order chi connectivity index (χ1) is 14.2. The number of likely N-dealkylation sites (tertiary alicyclic amines) is 1. The molecule has 0 radical (unpaired) electrons. The topological polar surface area (TPSA) is 68.5 Å². The largest absolute Gasteiger partial charge is 0.497 e. The van der Waals surface area contributed by atoms with Gasteiger partial charge in [0.25, 0.3) is 0 Å². The van der Waals surface area contributed by atoms with E-state index in [1.165, 1.54) is 5.56 Å². The third-order valence-electron chi connectivity index (χ3n) is 5.49. The van der Waals surface area contributed by atoms with Crippen LogP contribution in [0.15, 0.2) is 59.1 Å². The number of carbonyl (C=O) groups is 1. The predicted octanol–water partition coefficient (Wildman–Crippen LogP) is 4.08. The number of hydrogen-bond donors (Lipinski definition) is 0. The van der Waals surface area contributed by atoms with Gasteiger partial charge in [-0.1, -0.05) is 35.5 Å². The highest BCUT2D eigenvalue weighted by atomic mass is 16.5. The van der Waals surface area contributed by atoms with E-state index in [0.29, 0.717) is 30.5 Å². The van der Waals surface area contributed by atoms with E-state index in [-0.39, 0.29) is 5.91 Å². The number of amides is 1. The Hall–Kier alpha value is -3.15. The van der Waals surface area contributed by atoms with Crippen LogP contribution in [0.5, 0.6) is 5.75 Å². The van der Waals surface area contributed by atoms with Crippen molar-refractivity contribution >= 4 is 5.91 Å². The first-order valence-electron chi connectivity index (χ1n) is 10.0. The minimum absolute atomic E-state index is 0.153. The molecule has 0 unspecified atom stereocenters. The smallest absolute Gasteiger partial charge is 0.227 e. The maximum atomic E-state index is 12.6. The quantitative estimate of drug-likeness (QED) is 0.633. The van der Waals surface area contributed by atoms with E-state index in [9.17, 15) is 4.79 Å². The van der Waals surface area contributed by atoms with Crippen molar-refractivity contribution in [2.45, 2.75) is 31.6 Å². The molecule has 0 aliphatic carbocycles. The number of rotatable bonds is 6. The van der Waals surface area contributed by atoms with Crippen LogP contribution in [0.2, 0.25) is 0 Å². The molecule has 0 bridgehead atoms. The highest BCUT2D eigenvalue weighted by molar-refractivity contribution is 5.76. The Morgan fingerprint density at radius 3 is 2.52 bits per heavy atom. The number of benzene rings is 2. The highest BCUT2D eigenvalue weighted by Crippen LogP contribution is 2.28. The van der Waals surface area contributed by atoms with E-state index in [4.69, 9.17) is 9.26 Å². The highest BCUT2D eigenvalue weighted by Gasteiger charge is 2.24. The lowest BCUT2D eigenvalue weighted by molar-refractivity contribution is -0.132. The zero-order valence-corrected chi connectivity index (χ0v) is 16.6. The molecule has 29 heavy (non-hydrogen) atoms. The second kappa shape index (κ2) is 8.90. The van der Waals surface area contributed by atoms with Crippen LogP contribution in [-0.4, -0.2) is 41.1 Å². The van der Waals surface area contributed by atoms with E-state index < -0.39 is 0 Å². The summed E-state index contributed by atoms with van der Waals surface area (Å²) in [5.74, 6) is 2.49. The van der Waals surface area contributed by atoms with Gasteiger partial charge in [-0.25, -0.2) is 0 Å². The summed E-state index contributed by atoms with van der Waals surface area (Å²) >= 11 is 0. The van der Waals surface area contributed by atoms with Gasteiger partial charge in [0, 0.05) is 31.5 Å². The van der Waals surface area contributed by atoms with E-state index in [0.717, 1.165) is 37.2 Å². The molecule has 150 valence electrons. The van der Waals surface area contributed by atoms with Gasteiger partial charge in [0.05, 0.1) is 7.11 Å². The minimum Gasteiger partial charge on any atom is -0.497 e. The lowest BCUT2D eigenvalue weighted by Gasteiger charge is -2.32. The molecule has 1 aliphatic rings. The average Bonchev–Trinajstić information content (AvgIpc) is 3.27. The van der Waals surface area contributed by atoms with Crippen LogP contribution < -0.4 is 4.74 Å². The molecule has 1 amide bonds. The number of nitrogens with zero attached hydrogens (tertiary/aromatic N) is 3. The number of methoxy groups -OCH3 is 1. The molecule has 1 aromatic heterocycles. The first kappa shape index (κ1) is 19.2. The van der Waals surface area contributed by atoms with Crippen LogP contribution in [0.1, 0.15) is 36.6 Å². The number of hydrogen-bond acceptors (Lipinski definition) is 5. The molecular weight excluding hydrogens is 366 g/mol. The molecule has 0 N–H and O–H groups in total. The summed E-state index contributed by atoms with van der Waals surface area (Å²) < 4.78 is 10.5. The maximum absolute atomic E-state index is 12.6. The Morgan fingerprint density at radius 1 is 1.10 bits per heavy atom. The van der Waals surface area contributed by atoms with Crippen LogP contribution in [0.25, 0.3) is 11.4 Å². The molecule has 1 aliphatic heterocycles. The third kappa shape index (κ3) is 4.65. The minimum atomic E-state index is 0.153. The number of aryl methyl sites for hydroxylation is 1. The number of ether oxygens (including phenoxy) is 1. The number of piperidine rings is 1. The maximum Gasteiger partial charge on any atom is 0.227 e. The molecule has 3 aromatic rings. The molecule has 0 spiro atoms. The molecule has 6 nitrogen and oxygen atoms in total. The molecule has 6 heteroatoms. The van der Waals surface area contributed by atoms with Gasteiger partial charge in [-0.05, 0) is 48.6 Å². The van der Waals surface area contributed by atoms with Crippen molar-refractivity contribution in [1.29, 1.82) is 0 Å². The van der Waals surface area contributed by atoms with Crippen molar-refractivity contribution in [1.82, 2.24) is 15.0 Å². The van der Waals surface area contributed by atoms with Crippen LogP contribution >= 0.6 is 0 Å². The molecule has 4 rings (SSSR count). The summed E-state index contributed by atoms with van der Waals surface area (Å²) in [7, 11) is 1.63. The zero-order chi connectivity index (χ0) is 20.1. The molecule has 2 aromatic carbocycles. The van der Waals surface area contributed by atoms with Gasteiger partial charge in [-0.15, -0.1) is 0 Å². The summed E-state index contributed by atoms with van der Waals surface area (Å²) in [6.07, 6.45) is 2.87. The summed E-state index contributed by atoms with van der Waals surface area (Å²) in [4.78, 5) is 19.0. The van der Waals surface area contributed by atoms with Crippen molar-refractivity contribution in [3.05, 3.63) is 66.1 Å². The van der Waals surface area contributed by atoms with E-state index in [2.05, 4.69) is 34.4 Å². The van der Waals surface area contributed by atoms with Gasteiger partial charge < -0.3 is 14.2 Å². The van der Waals surface area contributed by atoms with E-state index in [1.54, 1.807) is 7.11 Å². The van der Waals surface area contributed by atoms with Crippen molar-refractivity contribution in [2.75, 3.05) is 20.2 Å². The van der Waals surface area contributed by atoms with Crippen LogP contribution in [0.4, 0.5) is 0 Å². The second-order valence-electron chi connectivity index (χ2n) is 7.31. The normalized spacial score (nSPS) is 14.7. The van der Waals surface area contributed by atoms with Crippen molar-refractivity contribution < 1.29 is 14.1 Å². The van der Waals surface area contributed by atoms with Crippen LogP contribution in [-0.2, 0) is 11.2 Å². The fourth-order valence-corrected chi connectivity index (χ4v) is 3.77. The van der Waals surface area contributed by atoms with Gasteiger partial charge in [0.15, 0.2) is 0 Å². The Morgan fingerprint density at radius 2 is 1.83 bits per heavy atom. The Balaban J connectivity index is 1.27. The Kier molecular flexibility index (Phi) is 5.89. The lowest BCUT2D eigenvalue weighted by Crippen LogP contribution is -2.38. The standard InChI is InChI=1S/C23H25N3O3/c1-28-20-9-7-19(8-10-20)23-24-21(29-25-23)11-12-22(27)26-15-13-18(14-16-26)17-5-3-2-4-6-17/h2-10,18H,11-16H2,1H3. The first-order valence-corrected chi connectivity index (χ1v) is 10.0. The summed E-state index contributed by atoms with van der Waals surface area (Å²) in [5, 5.41) is 4.02. The van der Waals surface area contributed by atoms with Crippen LogP contribution in [0.3, 0.4) is 0 Å². The van der Waals surface area contributed by atoms with Crippen molar-refractivity contribution in [3.63, 3.8) is 0 Å². The predicted molar refractivity (Wildman–Crippen MR) is 110 cm³/mol. The third-order valence-corrected chi connectivity index (χ3v) is 5.49. The summed E-state index contributed by atoms with van der Waals surface area (Å²) in [6.45, 7) is 1.61. The second-order valence-corrected chi connectivity index (χ2v) is 7.31. The monoisotopic (exact) mass is 391 g/mol. The molecular formula is C23H25N3O3. The molecule has 0 atom stereocenters. The van der Waals surface area contributed by atoms with Gasteiger partial charge in [-0.3, -0.25) is 4.79 Å². The van der Waals surface area contributed by atoms with E-state index in [1.807, 2.05) is 35.2 Å². The lowest BCUT2D eigenvalue weighted by atomic mass is 9.89. The summed E-state index contributed by atoms with van der Waals surface area (Å²) in [6, 6.07) is 18.0. The zero-order valence-electron chi connectivity index (χ0n) is 16.6. The van der Waals surface area contributed by atoms with Gasteiger partial charge >= 0.3 is 0 Å². The van der Waals surface area contributed by atoms with Crippen molar-refractivity contribution in [2.24, 2.45) is 0 Å². The Bertz CT molecular complexity index is 930. The average molecular weight is 391 g/mol. The number of aromatic nitrogens is 2. The fraction of sp³-hybridized carbons (Fsp3) is 0.348.